The van der Waals surface area contributed by atoms with E-state index >= 15 is 0 Å². The lowest BCUT2D eigenvalue weighted by Crippen LogP contribution is -2.38. The molecule has 6 nitrogen and oxygen atoms in total. The zero-order valence-electron chi connectivity index (χ0n) is 17.7. The molecule has 1 aliphatic heterocycles. The molecule has 2 heterocycles. The number of thiazole rings is 1. The predicted octanol–water partition coefficient (Wildman–Crippen LogP) is 5.11. The van der Waals surface area contributed by atoms with Crippen LogP contribution in [-0.4, -0.2) is 36.6 Å². The van der Waals surface area contributed by atoms with E-state index in [9.17, 15) is 9.59 Å². The molecule has 162 valence electrons. The molecule has 0 saturated carbocycles. The number of fused-ring (bicyclic) bond motifs is 1. The van der Waals surface area contributed by atoms with Crippen LogP contribution < -0.4 is 10.2 Å². The van der Waals surface area contributed by atoms with Crippen LogP contribution in [-0.2, 0) is 9.53 Å². The fourth-order valence-electron chi connectivity index (χ4n) is 3.65. The lowest BCUT2D eigenvalue weighted by molar-refractivity contribution is -0.120. The molecular formula is C24H27N3O3S. The summed E-state index contributed by atoms with van der Waals surface area (Å²) in [6, 6.07) is 15.1. The van der Waals surface area contributed by atoms with Gasteiger partial charge >= 0.3 is 5.97 Å². The highest BCUT2D eigenvalue weighted by molar-refractivity contribution is 7.22. The Balaban J connectivity index is 1.28. The zero-order valence-corrected chi connectivity index (χ0v) is 18.5. The molecule has 1 aliphatic rings. The second kappa shape index (κ2) is 9.92. The van der Waals surface area contributed by atoms with Gasteiger partial charge in [0.15, 0.2) is 5.13 Å². The Hall–Kier alpha value is -2.93. The van der Waals surface area contributed by atoms with E-state index < -0.39 is 0 Å². The number of carbonyl (C=O) groups excluding carboxylic acids is 2. The molecule has 0 radical (unpaired) electrons. The third-order valence-electron chi connectivity index (χ3n) is 5.54. The third-order valence-corrected chi connectivity index (χ3v) is 6.64. The molecule has 1 amide bonds. The summed E-state index contributed by atoms with van der Waals surface area (Å²) in [7, 11) is 0. The average molecular weight is 438 g/mol. The maximum absolute atomic E-state index is 12.7. The van der Waals surface area contributed by atoms with E-state index in [0.717, 1.165) is 49.4 Å². The maximum atomic E-state index is 12.7. The Kier molecular flexibility index (Phi) is 6.82. The van der Waals surface area contributed by atoms with E-state index in [1.165, 1.54) is 4.70 Å². The number of nitrogens with one attached hydrogen (secondary N) is 1. The van der Waals surface area contributed by atoms with Crippen LogP contribution in [0.3, 0.4) is 0 Å². The normalized spacial score (nSPS) is 14.5. The number of para-hydroxylation sites is 1. The minimum Gasteiger partial charge on any atom is -0.462 e. The molecule has 0 unspecified atom stereocenters. The van der Waals surface area contributed by atoms with Crippen molar-refractivity contribution in [2.45, 2.75) is 32.6 Å². The van der Waals surface area contributed by atoms with Crippen LogP contribution in [0.15, 0.2) is 48.5 Å². The van der Waals surface area contributed by atoms with Crippen LogP contribution in [0.25, 0.3) is 10.2 Å². The van der Waals surface area contributed by atoms with E-state index in [0.29, 0.717) is 17.9 Å². The van der Waals surface area contributed by atoms with Crippen molar-refractivity contribution in [3.8, 4) is 0 Å². The number of nitrogens with zero attached hydrogens (tertiary/aromatic N) is 2. The van der Waals surface area contributed by atoms with E-state index in [1.807, 2.05) is 18.2 Å². The van der Waals surface area contributed by atoms with Gasteiger partial charge in [-0.15, -0.1) is 0 Å². The quantitative estimate of drug-likeness (QED) is 0.411. The molecule has 2 aromatic carbocycles. The molecule has 0 atom stereocenters. The summed E-state index contributed by atoms with van der Waals surface area (Å²) in [5.74, 6) is -0.319. The first-order chi connectivity index (χ1) is 15.1. The molecule has 0 aliphatic carbocycles. The first kappa shape index (κ1) is 21.3. The molecule has 1 aromatic heterocycles. The molecule has 1 saturated heterocycles. The van der Waals surface area contributed by atoms with Crippen LogP contribution in [0.2, 0.25) is 0 Å². The lowest BCUT2D eigenvalue weighted by atomic mass is 9.96. The number of carbonyl (C=O) groups is 2. The number of aromatic nitrogens is 1. The molecule has 1 N–H and O–H groups in total. The summed E-state index contributed by atoms with van der Waals surface area (Å²) in [4.78, 5) is 31.7. The van der Waals surface area contributed by atoms with Gasteiger partial charge in [0.1, 0.15) is 0 Å². The van der Waals surface area contributed by atoms with E-state index in [4.69, 9.17) is 9.72 Å². The van der Waals surface area contributed by atoms with Gasteiger partial charge in [0.2, 0.25) is 5.91 Å². The van der Waals surface area contributed by atoms with Gasteiger partial charge in [-0.2, -0.15) is 0 Å². The summed E-state index contributed by atoms with van der Waals surface area (Å²) >= 11 is 1.70. The fraction of sp³-hybridized carbons (Fsp3) is 0.375. The van der Waals surface area contributed by atoms with E-state index in [-0.39, 0.29) is 17.8 Å². The van der Waals surface area contributed by atoms with Gasteiger partial charge < -0.3 is 15.0 Å². The minimum atomic E-state index is -0.325. The van der Waals surface area contributed by atoms with Crippen LogP contribution >= 0.6 is 11.3 Å². The molecule has 4 rings (SSSR count). The number of esters is 1. The van der Waals surface area contributed by atoms with Crippen LogP contribution in [0, 0.1) is 5.92 Å². The van der Waals surface area contributed by atoms with Crippen molar-refractivity contribution in [2.24, 2.45) is 5.92 Å². The van der Waals surface area contributed by atoms with Crippen molar-refractivity contribution in [2.75, 3.05) is 29.9 Å². The number of ether oxygens (including phenoxy) is 1. The highest BCUT2D eigenvalue weighted by atomic mass is 32.1. The SMILES string of the molecule is CCCCOC(=O)c1ccc(NC(=O)C2CCN(c3nc4ccccc4s3)CC2)cc1. The van der Waals surface area contributed by atoms with Gasteiger partial charge in [0, 0.05) is 24.7 Å². The molecule has 7 heteroatoms. The van der Waals surface area contributed by atoms with Crippen molar-refractivity contribution >= 4 is 44.2 Å². The molecule has 3 aromatic rings. The number of anilines is 2. The topological polar surface area (TPSA) is 71.5 Å². The number of unbranched alkanes of at least 4 members (excludes halogenated alkanes) is 1. The number of benzene rings is 2. The van der Waals surface area contributed by atoms with Crippen molar-refractivity contribution < 1.29 is 14.3 Å². The second-order valence-corrected chi connectivity index (χ2v) is 8.79. The molecular weight excluding hydrogens is 410 g/mol. The largest absolute Gasteiger partial charge is 0.462 e. The Bertz CT molecular complexity index is 1010. The number of piperidine rings is 1. The smallest absolute Gasteiger partial charge is 0.338 e. The molecule has 1 fully saturated rings. The fourth-order valence-corrected chi connectivity index (χ4v) is 4.67. The van der Waals surface area contributed by atoms with Crippen molar-refractivity contribution in [1.29, 1.82) is 0 Å². The number of amides is 1. The minimum absolute atomic E-state index is 0.0238. The monoisotopic (exact) mass is 437 g/mol. The van der Waals surface area contributed by atoms with Crippen LogP contribution in [0.1, 0.15) is 43.0 Å². The Morgan fingerprint density at radius 2 is 1.87 bits per heavy atom. The standard InChI is InChI=1S/C24H27N3O3S/c1-2-3-16-30-23(29)18-8-10-19(11-9-18)25-22(28)17-12-14-27(15-13-17)24-26-20-6-4-5-7-21(20)31-24/h4-11,17H,2-3,12-16H2,1H3,(H,25,28). The van der Waals surface area contributed by atoms with Gasteiger partial charge in [-0.1, -0.05) is 36.8 Å². The van der Waals surface area contributed by atoms with Gasteiger partial charge in [-0.3, -0.25) is 4.79 Å². The highest BCUT2D eigenvalue weighted by Gasteiger charge is 2.26. The number of hydrogen-bond donors (Lipinski definition) is 1. The summed E-state index contributed by atoms with van der Waals surface area (Å²) in [6.45, 7) is 4.13. The summed E-state index contributed by atoms with van der Waals surface area (Å²) in [6.07, 6.45) is 3.43. The Morgan fingerprint density at radius 3 is 2.58 bits per heavy atom. The van der Waals surface area contributed by atoms with Crippen molar-refractivity contribution in [1.82, 2.24) is 4.98 Å². The lowest BCUT2D eigenvalue weighted by Gasteiger charge is -2.31. The maximum Gasteiger partial charge on any atom is 0.338 e. The summed E-state index contributed by atoms with van der Waals surface area (Å²) < 4.78 is 6.41. The average Bonchev–Trinajstić information content (AvgIpc) is 3.24. The second-order valence-electron chi connectivity index (χ2n) is 7.78. The number of hydrogen-bond acceptors (Lipinski definition) is 6. The van der Waals surface area contributed by atoms with Crippen molar-refractivity contribution in [3.05, 3.63) is 54.1 Å². The van der Waals surface area contributed by atoms with Gasteiger partial charge in [-0.05, 0) is 55.7 Å². The number of rotatable bonds is 7. The predicted molar refractivity (Wildman–Crippen MR) is 125 cm³/mol. The van der Waals surface area contributed by atoms with Gasteiger partial charge in [0.25, 0.3) is 0 Å². The van der Waals surface area contributed by atoms with Gasteiger partial charge in [0.05, 0.1) is 22.4 Å². The van der Waals surface area contributed by atoms with E-state index in [1.54, 1.807) is 35.6 Å². The molecule has 0 spiro atoms. The third kappa shape index (κ3) is 5.22. The van der Waals surface area contributed by atoms with Gasteiger partial charge in [-0.25, -0.2) is 9.78 Å². The van der Waals surface area contributed by atoms with Crippen LogP contribution in [0.5, 0.6) is 0 Å². The molecule has 31 heavy (non-hydrogen) atoms. The summed E-state index contributed by atoms with van der Waals surface area (Å²) in [5.41, 5.74) is 2.22. The Labute approximate surface area is 186 Å². The van der Waals surface area contributed by atoms with Crippen molar-refractivity contribution in [3.63, 3.8) is 0 Å². The first-order valence-electron chi connectivity index (χ1n) is 10.8. The zero-order chi connectivity index (χ0) is 21.6. The van der Waals surface area contributed by atoms with E-state index in [2.05, 4.69) is 23.2 Å². The Morgan fingerprint density at radius 1 is 1.13 bits per heavy atom. The molecule has 0 bridgehead atoms. The van der Waals surface area contributed by atoms with Crippen LogP contribution in [0.4, 0.5) is 10.8 Å². The summed E-state index contributed by atoms with van der Waals surface area (Å²) in [5, 5.41) is 4.01. The first-order valence-corrected chi connectivity index (χ1v) is 11.6. The highest BCUT2D eigenvalue weighted by Crippen LogP contribution is 2.31.